The lowest BCUT2D eigenvalue weighted by Crippen LogP contribution is -2.04. The van der Waals surface area contributed by atoms with Gasteiger partial charge in [0, 0.05) is 10.6 Å². The molecule has 0 aliphatic carbocycles. The molecule has 0 N–H and O–H groups in total. The highest BCUT2D eigenvalue weighted by Gasteiger charge is 2.17. The quantitative estimate of drug-likeness (QED) is 0.594. The lowest BCUT2D eigenvalue weighted by molar-refractivity contribution is 0.715. The molecule has 1 heterocycles. The molecule has 0 unspecified atom stereocenters. The first-order chi connectivity index (χ1) is 11.7. The van der Waals surface area contributed by atoms with E-state index in [2.05, 4.69) is 16.3 Å². The van der Waals surface area contributed by atoms with Gasteiger partial charge in [0.25, 0.3) is 0 Å². The summed E-state index contributed by atoms with van der Waals surface area (Å²) >= 11 is 13.7. The second-order valence-electron chi connectivity index (χ2n) is 4.95. The zero-order valence-corrected chi connectivity index (χ0v) is 14.8. The van der Waals surface area contributed by atoms with Gasteiger partial charge in [0.1, 0.15) is 0 Å². The molecule has 0 aliphatic heterocycles. The molecular formula is C17H12Cl2N4S. The zero-order chi connectivity index (χ0) is 16.9. The van der Waals surface area contributed by atoms with Gasteiger partial charge in [-0.2, -0.15) is 5.26 Å². The molecule has 2 aromatic carbocycles. The summed E-state index contributed by atoms with van der Waals surface area (Å²) in [6.45, 7) is 0.593. The van der Waals surface area contributed by atoms with Gasteiger partial charge in [0.05, 0.1) is 23.4 Å². The normalized spacial score (nSPS) is 10.5. The van der Waals surface area contributed by atoms with Crippen LogP contribution in [-0.4, -0.2) is 20.5 Å². The molecule has 0 bridgehead atoms. The van der Waals surface area contributed by atoms with Crippen molar-refractivity contribution in [2.24, 2.45) is 0 Å². The van der Waals surface area contributed by atoms with Crippen LogP contribution in [0.5, 0.6) is 0 Å². The van der Waals surface area contributed by atoms with E-state index in [-0.39, 0.29) is 0 Å². The average Bonchev–Trinajstić information content (AvgIpc) is 2.96. The van der Waals surface area contributed by atoms with Gasteiger partial charge in [-0.05, 0) is 23.8 Å². The van der Waals surface area contributed by atoms with E-state index in [1.54, 1.807) is 12.1 Å². The largest absolute Gasteiger partial charge is 0.297 e. The molecule has 0 aliphatic rings. The minimum absolute atomic E-state index is 0.307. The summed E-state index contributed by atoms with van der Waals surface area (Å²) in [6.07, 6.45) is 0. The Balaban J connectivity index is 2.05. The molecule has 0 saturated carbocycles. The Labute approximate surface area is 154 Å². The molecule has 0 fully saturated rings. The first-order valence-electron chi connectivity index (χ1n) is 7.11. The summed E-state index contributed by atoms with van der Waals surface area (Å²) in [5, 5.41) is 19.1. The Kier molecular flexibility index (Phi) is 5.41. The zero-order valence-electron chi connectivity index (χ0n) is 12.5. The number of aromatic nitrogens is 3. The van der Waals surface area contributed by atoms with Crippen LogP contribution in [0.3, 0.4) is 0 Å². The van der Waals surface area contributed by atoms with Gasteiger partial charge < -0.3 is 0 Å². The van der Waals surface area contributed by atoms with Crippen LogP contribution in [0.15, 0.2) is 53.7 Å². The van der Waals surface area contributed by atoms with Crippen molar-refractivity contribution in [3.63, 3.8) is 0 Å². The number of nitriles is 1. The lowest BCUT2D eigenvalue weighted by atomic mass is 10.2. The fourth-order valence-corrected chi connectivity index (χ4v) is 3.36. The Bertz CT molecular complexity index is 887. The molecule has 0 radical (unpaired) electrons. The number of halogens is 2. The monoisotopic (exact) mass is 374 g/mol. The van der Waals surface area contributed by atoms with E-state index in [0.717, 1.165) is 11.1 Å². The summed E-state index contributed by atoms with van der Waals surface area (Å²) in [4.78, 5) is 0. The van der Waals surface area contributed by atoms with Crippen molar-refractivity contribution in [2.75, 3.05) is 5.75 Å². The highest BCUT2D eigenvalue weighted by molar-refractivity contribution is 7.99. The van der Waals surface area contributed by atoms with Crippen LogP contribution in [0.2, 0.25) is 10.0 Å². The van der Waals surface area contributed by atoms with Gasteiger partial charge in [-0.1, -0.05) is 65.3 Å². The maximum absolute atomic E-state index is 8.84. The van der Waals surface area contributed by atoms with Gasteiger partial charge in [0.15, 0.2) is 11.0 Å². The molecule has 120 valence electrons. The number of thioether (sulfide) groups is 1. The molecule has 1 aromatic heterocycles. The fourth-order valence-electron chi connectivity index (χ4n) is 2.27. The molecule has 0 spiro atoms. The van der Waals surface area contributed by atoms with Crippen LogP contribution in [0, 0.1) is 11.3 Å². The first-order valence-corrected chi connectivity index (χ1v) is 8.85. The van der Waals surface area contributed by atoms with Crippen LogP contribution < -0.4 is 0 Å². The van der Waals surface area contributed by atoms with Crippen molar-refractivity contribution >= 4 is 35.0 Å². The molecule has 3 rings (SSSR count). The van der Waals surface area contributed by atoms with Crippen LogP contribution in [0.4, 0.5) is 0 Å². The number of hydrogen-bond donors (Lipinski definition) is 0. The minimum Gasteiger partial charge on any atom is -0.297 e. The minimum atomic E-state index is 0.307. The number of hydrogen-bond acceptors (Lipinski definition) is 4. The third kappa shape index (κ3) is 3.73. The van der Waals surface area contributed by atoms with Gasteiger partial charge in [-0.3, -0.25) is 4.57 Å². The highest BCUT2D eigenvalue weighted by atomic mass is 35.5. The van der Waals surface area contributed by atoms with E-state index in [9.17, 15) is 0 Å². The Hall–Kier alpha value is -2.00. The number of nitrogens with zero attached hydrogens (tertiary/aromatic N) is 4. The first kappa shape index (κ1) is 16.8. The van der Waals surface area contributed by atoms with Crippen LogP contribution in [0.25, 0.3) is 11.4 Å². The van der Waals surface area contributed by atoms with E-state index in [1.807, 2.05) is 41.0 Å². The molecule has 24 heavy (non-hydrogen) atoms. The third-order valence-corrected chi connectivity index (χ3v) is 4.72. The molecule has 4 nitrogen and oxygen atoms in total. The molecule has 0 saturated heterocycles. The van der Waals surface area contributed by atoms with Gasteiger partial charge in [0.2, 0.25) is 0 Å². The summed E-state index contributed by atoms with van der Waals surface area (Å²) in [6, 6.07) is 17.4. The van der Waals surface area contributed by atoms with Crippen LogP contribution >= 0.6 is 35.0 Å². The molecule has 3 aromatic rings. The van der Waals surface area contributed by atoms with Crippen LogP contribution in [-0.2, 0) is 6.54 Å². The predicted molar refractivity (Wildman–Crippen MR) is 97.4 cm³/mol. The van der Waals surface area contributed by atoms with E-state index >= 15 is 0 Å². The maximum Gasteiger partial charge on any atom is 0.192 e. The van der Waals surface area contributed by atoms with Crippen molar-refractivity contribution in [1.29, 1.82) is 5.26 Å². The Morgan fingerprint density at radius 3 is 2.58 bits per heavy atom. The third-order valence-electron chi connectivity index (χ3n) is 3.34. The van der Waals surface area contributed by atoms with Crippen molar-refractivity contribution in [2.45, 2.75) is 11.7 Å². The number of rotatable bonds is 5. The maximum atomic E-state index is 8.84. The smallest absolute Gasteiger partial charge is 0.192 e. The van der Waals surface area contributed by atoms with Crippen molar-refractivity contribution in [3.8, 4) is 17.5 Å². The van der Waals surface area contributed by atoms with Crippen molar-refractivity contribution in [1.82, 2.24) is 14.8 Å². The van der Waals surface area contributed by atoms with Gasteiger partial charge in [-0.15, -0.1) is 10.2 Å². The number of benzene rings is 2. The summed E-state index contributed by atoms with van der Waals surface area (Å²) in [5.74, 6) is 0.960. The topological polar surface area (TPSA) is 54.5 Å². The standard InChI is InChI=1S/C17H12Cl2N4S/c18-13-6-7-14(15(19)10-13)16-21-22-17(24-9-8-20)23(16)11-12-4-2-1-3-5-12/h1-7,10H,9,11H2. The summed E-state index contributed by atoms with van der Waals surface area (Å²) in [7, 11) is 0. The second kappa shape index (κ2) is 7.71. The Morgan fingerprint density at radius 2 is 1.88 bits per heavy atom. The average molecular weight is 375 g/mol. The van der Waals surface area contributed by atoms with Crippen LogP contribution in [0.1, 0.15) is 5.56 Å². The van der Waals surface area contributed by atoms with E-state index in [4.69, 9.17) is 28.5 Å². The van der Waals surface area contributed by atoms with Gasteiger partial charge in [-0.25, -0.2) is 0 Å². The highest BCUT2D eigenvalue weighted by Crippen LogP contribution is 2.31. The molecule has 7 heteroatoms. The molecule has 0 amide bonds. The van der Waals surface area contributed by atoms with E-state index in [1.165, 1.54) is 11.8 Å². The fraction of sp³-hybridized carbons (Fsp3) is 0.118. The van der Waals surface area contributed by atoms with Crippen molar-refractivity contribution in [3.05, 3.63) is 64.1 Å². The van der Waals surface area contributed by atoms with E-state index in [0.29, 0.717) is 33.3 Å². The van der Waals surface area contributed by atoms with Crippen molar-refractivity contribution < 1.29 is 0 Å². The Morgan fingerprint density at radius 1 is 1.08 bits per heavy atom. The lowest BCUT2D eigenvalue weighted by Gasteiger charge is -2.11. The summed E-state index contributed by atoms with van der Waals surface area (Å²) in [5.41, 5.74) is 1.87. The summed E-state index contributed by atoms with van der Waals surface area (Å²) < 4.78 is 1.96. The molecule has 0 atom stereocenters. The second-order valence-corrected chi connectivity index (χ2v) is 6.74. The molecular weight excluding hydrogens is 363 g/mol. The van der Waals surface area contributed by atoms with Gasteiger partial charge >= 0.3 is 0 Å². The van der Waals surface area contributed by atoms with E-state index < -0.39 is 0 Å². The predicted octanol–water partition coefficient (Wildman–Crippen LogP) is 4.92. The SMILES string of the molecule is N#CCSc1nnc(-c2ccc(Cl)cc2Cl)n1Cc1ccccc1.